The molecule has 2 aromatic rings. The molecule has 1 N–H and O–H groups in total. The number of rotatable bonds is 5. The van der Waals surface area contributed by atoms with Gasteiger partial charge in [-0.15, -0.1) is 11.3 Å². The third-order valence-corrected chi connectivity index (χ3v) is 5.02. The predicted octanol–water partition coefficient (Wildman–Crippen LogP) is 5.26. The third-order valence-electron chi connectivity index (χ3n) is 3.81. The largest absolute Gasteiger partial charge is 0.312 e. The summed E-state index contributed by atoms with van der Waals surface area (Å²) in [7, 11) is 0. The van der Waals surface area contributed by atoms with E-state index in [1.165, 1.54) is 26.9 Å². The summed E-state index contributed by atoms with van der Waals surface area (Å²) in [6.07, 6.45) is 2.32. The molecule has 0 atom stereocenters. The highest BCUT2D eigenvalue weighted by Crippen LogP contribution is 2.35. The maximum Gasteiger partial charge on any atom is 0.0349 e. The van der Waals surface area contributed by atoms with E-state index in [2.05, 4.69) is 58.1 Å². The maximum atomic E-state index is 3.54. The van der Waals surface area contributed by atoms with E-state index < -0.39 is 0 Å². The van der Waals surface area contributed by atoms with Crippen molar-refractivity contribution in [3.63, 3.8) is 0 Å². The molecule has 0 saturated carbocycles. The molecule has 0 aliphatic rings. The molecule has 20 heavy (non-hydrogen) atoms. The zero-order valence-electron chi connectivity index (χ0n) is 13.5. The Labute approximate surface area is 127 Å². The van der Waals surface area contributed by atoms with Crippen LogP contribution in [0, 0.1) is 0 Å². The topological polar surface area (TPSA) is 12.0 Å². The van der Waals surface area contributed by atoms with Gasteiger partial charge in [0.25, 0.3) is 0 Å². The van der Waals surface area contributed by atoms with Crippen molar-refractivity contribution in [1.82, 2.24) is 5.32 Å². The van der Waals surface area contributed by atoms with Crippen molar-refractivity contribution >= 4 is 21.4 Å². The van der Waals surface area contributed by atoms with Gasteiger partial charge in [0, 0.05) is 16.1 Å². The smallest absolute Gasteiger partial charge is 0.0349 e. The number of thiophene rings is 1. The number of hydrogen-bond acceptors (Lipinski definition) is 2. The molecule has 0 aliphatic carbocycles. The summed E-state index contributed by atoms with van der Waals surface area (Å²) in [6.45, 7) is 13.5. The van der Waals surface area contributed by atoms with Crippen LogP contribution in [0.2, 0.25) is 0 Å². The van der Waals surface area contributed by atoms with Crippen LogP contribution in [-0.4, -0.2) is 6.54 Å². The normalized spacial score (nSPS) is 12.2. The molecule has 1 aromatic carbocycles. The first-order chi connectivity index (χ1) is 9.47. The third kappa shape index (κ3) is 3.24. The van der Waals surface area contributed by atoms with Gasteiger partial charge in [-0.1, -0.05) is 40.7 Å². The Kier molecular flexibility index (Phi) is 4.87. The molecule has 0 saturated heterocycles. The summed E-state index contributed by atoms with van der Waals surface area (Å²) < 4.78 is 1.43. The number of benzene rings is 1. The quantitative estimate of drug-likeness (QED) is 0.740. The van der Waals surface area contributed by atoms with Crippen molar-refractivity contribution in [3.05, 3.63) is 34.2 Å². The fraction of sp³-hybridized carbons (Fsp3) is 0.556. The Morgan fingerprint density at radius 2 is 1.90 bits per heavy atom. The highest BCUT2D eigenvalue weighted by atomic mass is 32.1. The summed E-state index contributed by atoms with van der Waals surface area (Å²) in [6, 6.07) is 7.01. The molecule has 0 amide bonds. The lowest BCUT2D eigenvalue weighted by molar-refractivity contribution is 0.591. The van der Waals surface area contributed by atoms with Gasteiger partial charge in [-0.2, -0.15) is 0 Å². The van der Waals surface area contributed by atoms with E-state index >= 15 is 0 Å². The van der Waals surface area contributed by atoms with Gasteiger partial charge in [0.2, 0.25) is 0 Å². The van der Waals surface area contributed by atoms with Crippen LogP contribution in [0.4, 0.5) is 0 Å². The summed E-state index contributed by atoms with van der Waals surface area (Å²) in [4.78, 5) is 1.52. The molecule has 0 bridgehead atoms. The second-order valence-corrected chi connectivity index (χ2v) is 7.63. The molecular formula is C18H27NS. The molecule has 2 rings (SSSR count). The summed E-state index contributed by atoms with van der Waals surface area (Å²) in [5.41, 5.74) is 3.20. The highest BCUT2D eigenvalue weighted by Gasteiger charge is 2.17. The molecule has 0 radical (unpaired) electrons. The van der Waals surface area contributed by atoms with E-state index in [1.54, 1.807) is 5.56 Å². The highest BCUT2D eigenvalue weighted by molar-refractivity contribution is 7.19. The second kappa shape index (κ2) is 6.28. The Hall–Kier alpha value is -0.860. The summed E-state index contributed by atoms with van der Waals surface area (Å²) in [5, 5.41) is 5.01. The number of hydrogen-bond donors (Lipinski definition) is 1. The molecule has 0 spiro atoms. The lowest BCUT2D eigenvalue weighted by atomic mass is 9.86. The molecule has 2 heteroatoms. The van der Waals surface area contributed by atoms with Gasteiger partial charge in [0.1, 0.15) is 0 Å². The number of nitrogens with one attached hydrogen (secondary N) is 1. The van der Waals surface area contributed by atoms with Gasteiger partial charge in [-0.25, -0.2) is 0 Å². The van der Waals surface area contributed by atoms with Gasteiger partial charge in [0.15, 0.2) is 0 Å². The fourth-order valence-corrected chi connectivity index (χ4v) is 3.82. The molecular weight excluding hydrogens is 262 g/mol. The first-order valence-electron chi connectivity index (χ1n) is 7.72. The minimum absolute atomic E-state index is 0.224. The molecule has 0 aliphatic heterocycles. The zero-order valence-corrected chi connectivity index (χ0v) is 14.3. The molecule has 110 valence electrons. The zero-order chi connectivity index (χ0) is 14.8. The summed E-state index contributed by atoms with van der Waals surface area (Å²) in [5.74, 6) is 0. The van der Waals surface area contributed by atoms with Gasteiger partial charge in [-0.3, -0.25) is 0 Å². The van der Waals surface area contributed by atoms with E-state index in [9.17, 15) is 0 Å². The van der Waals surface area contributed by atoms with Crippen molar-refractivity contribution in [2.75, 3.05) is 6.54 Å². The fourth-order valence-electron chi connectivity index (χ4n) is 2.57. The molecule has 0 fully saturated rings. The Morgan fingerprint density at radius 1 is 1.15 bits per heavy atom. The van der Waals surface area contributed by atoms with Crippen LogP contribution in [0.3, 0.4) is 0 Å². The summed E-state index contributed by atoms with van der Waals surface area (Å²) >= 11 is 1.96. The average Bonchev–Trinajstić information content (AvgIpc) is 2.74. The van der Waals surface area contributed by atoms with Gasteiger partial charge < -0.3 is 5.32 Å². The van der Waals surface area contributed by atoms with Gasteiger partial charge in [-0.05, 0) is 53.4 Å². The van der Waals surface area contributed by atoms with E-state index in [0.29, 0.717) is 0 Å². The molecule has 1 aromatic heterocycles. The van der Waals surface area contributed by atoms with E-state index in [0.717, 1.165) is 19.5 Å². The lowest BCUT2D eigenvalue weighted by Gasteiger charge is -2.19. The van der Waals surface area contributed by atoms with Crippen molar-refractivity contribution in [3.8, 4) is 0 Å². The van der Waals surface area contributed by atoms with Gasteiger partial charge in [0.05, 0.1) is 0 Å². The van der Waals surface area contributed by atoms with Crippen LogP contribution in [0.15, 0.2) is 18.2 Å². The molecule has 0 unspecified atom stereocenters. The Bertz CT molecular complexity index is 575. The van der Waals surface area contributed by atoms with Crippen LogP contribution in [0.5, 0.6) is 0 Å². The Balaban J connectivity index is 2.41. The van der Waals surface area contributed by atoms with Crippen molar-refractivity contribution in [2.45, 2.75) is 59.4 Å². The first kappa shape index (κ1) is 15.5. The SMILES string of the molecule is CCCNCc1sc2ccc(C(C)(C)C)cc2c1CC. The van der Waals surface area contributed by atoms with Crippen LogP contribution in [0.1, 0.15) is 57.0 Å². The van der Waals surface area contributed by atoms with E-state index in [4.69, 9.17) is 0 Å². The lowest BCUT2D eigenvalue weighted by Crippen LogP contribution is -2.13. The monoisotopic (exact) mass is 289 g/mol. The number of aryl methyl sites for hydroxylation is 1. The van der Waals surface area contributed by atoms with Crippen molar-refractivity contribution in [2.24, 2.45) is 0 Å². The van der Waals surface area contributed by atoms with Crippen LogP contribution < -0.4 is 5.32 Å². The predicted molar refractivity (Wildman–Crippen MR) is 91.9 cm³/mol. The second-order valence-electron chi connectivity index (χ2n) is 6.50. The Morgan fingerprint density at radius 3 is 2.50 bits per heavy atom. The van der Waals surface area contributed by atoms with Gasteiger partial charge >= 0.3 is 0 Å². The molecule has 1 heterocycles. The standard InChI is InChI=1S/C18H27NS/c1-6-10-19-12-17-14(7-2)15-11-13(18(3,4)5)8-9-16(15)20-17/h8-9,11,19H,6-7,10,12H2,1-5H3. The van der Waals surface area contributed by atoms with Crippen LogP contribution >= 0.6 is 11.3 Å². The minimum atomic E-state index is 0.224. The van der Waals surface area contributed by atoms with Crippen LogP contribution in [0.25, 0.3) is 10.1 Å². The van der Waals surface area contributed by atoms with Crippen molar-refractivity contribution < 1.29 is 0 Å². The number of fused-ring (bicyclic) bond motifs is 1. The average molecular weight is 289 g/mol. The molecule has 1 nitrogen and oxygen atoms in total. The van der Waals surface area contributed by atoms with E-state index in [-0.39, 0.29) is 5.41 Å². The van der Waals surface area contributed by atoms with Crippen molar-refractivity contribution in [1.29, 1.82) is 0 Å². The first-order valence-corrected chi connectivity index (χ1v) is 8.54. The van der Waals surface area contributed by atoms with E-state index in [1.807, 2.05) is 11.3 Å². The minimum Gasteiger partial charge on any atom is -0.312 e. The maximum absolute atomic E-state index is 3.54. The van der Waals surface area contributed by atoms with Crippen LogP contribution in [-0.2, 0) is 18.4 Å².